The van der Waals surface area contributed by atoms with Gasteiger partial charge in [0.25, 0.3) is 5.56 Å². The third kappa shape index (κ3) is 1.95. The van der Waals surface area contributed by atoms with E-state index in [0.29, 0.717) is 10.7 Å². The number of hydrogen-bond acceptors (Lipinski definition) is 2. The third-order valence-electron chi connectivity index (χ3n) is 2.44. The quantitative estimate of drug-likeness (QED) is 0.770. The molecular weight excluding hydrogens is 224 g/mol. The van der Waals surface area contributed by atoms with Crippen LogP contribution in [0.3, 0.4) is 0 Å². The zero-order valence-electron chi connectivity index (χ0n) is 8.77. The van der Waals surface area contributed by atoms with Gasteiger partial charge in [-0.15, -0.1) is 0 Å². The van der Waals surface area contributed by atoms with Crippen LogP contribution in [-0.4, -0.2) is 4.57 Å². The van der Waals surface area contributed by atoms with Gasteiger partial charge in [-0.25, -0.2) is 0 Å². The monoisotopic (exact) mass is 234 g/mol. The van der Waals surface area contributed by atoms with Crippen LogP contribution < -0.4 is 11.3 Å². The van der Waals surface area contributed by atoms with E-state index in [9.17, 15) is 4.79 Å². The van der Waals surface area contributed by atoms with Crippen LogP contribution in [0.2, 0.25) is 5.02 Å². The summed E-state index contributed by atoms with van der Waals surface area (Å²) < 4.78 is 1.52. The second kappa shape index (κ2) is 4.02. The van der Waals surface area contributed by atoms with E-state index >= 15 is 0 Å². The van der Waals surface area contributed by atoms with E-state index in [1.807, 2.05) is 12.1 Å². The molecule has 0 saturated carbocycles. The van der Waals surface area contributed by atoms with Crippen LogP contribution >= 0.6 is 11.6 Å². The Morgan fingerprint density at radius 1 is 1.19 bits per heavy atom. The Kier molecular flexibility index (Phi) is 2.71. The smallest absolute Gasteiger partial charge is 0.250 e. The van der Waals surface area contributed by atoms with Gasteiger partial charge < -0.3 is 10.3 Å². The molecule has 0 radical (unpaired) electrons. The molecule has 82 valence electrons. The third-order valence-corrected chi connectivity index (χ3v) is 2.77. The molecule has 0 spiro atoms. The topological polar surface area (TPSA) is 48.0 Å². The van der Waals surface area contributed by atoms with Gasteiger partial charge in [-0.1, -0.05) is 17.7 Å². The molecule has 0 bridgehead atoms. The highest BCUT2D eigenvalue weighted by Crippen LogP contribution is 2.25. The first-order valence-corrected chi connectivity index (χ1v) is 5.18. The maximum Gasteiger partial charge on any atom is 0.250 e. The van der Waals surface area contributed by atoms with Crippen molar-refractivity contribution in [3.63, 3.8) is 0 Å². The van der Waals surface area contributed by atoms with Crippen molar-refractivity contribution >= 4 is 17.3 Å². The SMILES string of the molecule is Cn1ccc(-c2ccc(N)c(Cl)c2)cc1=O. The standard InChI is InChI=1S/C12H11ClN2O/c1-15-5-4-9(7-12(15)16)8-2-3-11(14)10(13)6-8/h2-7H,14H2,1H3. The first-order valence-electron chi connectivity index (χ1n) is 4.80. The van der Waals surface area contributed by atoms with Gasteiger partial charge in [-0.3, -0.25) is 4.79 Å². The number of aromatic nitrogens is 1. The Morgan fingerprint density at radius 2 is 1.88 bits per heavy atom. The Bertz CT molecular complexity index is 590. The molecule has 0 aliphatic heterocycles. The van der Waals surface area contributed by atoms with Crippen LogP contribution in [0.1, 0.15) is 0 Å². The number of halogens is 1. The molecule has 0 aliphatic rings. The fraction of sp³-hybridized carbons (Fsp3) is 0.0833. The van der Waals surface area contributed by atoms with E-state index in [2.05, 4.69) is 0 Å². The zero-order valence-corrected chi connectivity index (χ0v) is 9.53. The molecular formula is C12H11ClN2O. The number of anilines is 1. The summed E-state index contributed by atoms with van der Waals surface area (Å²) in [5, 5.41) is 0.498. The van der Waals surface area contributed by atoms with Crippen molar-refractivity contribution in [3.8, 4) is 11.1 Å². The van der Waals surface area contributed by atoms with Crippen LogP contribution in [-0.2, 0) is 7.05 Å². The number of aryl methyl sites for hydroxylation is 1. The van der Waals surface area contributed by atoms with Gasteiger partial charge in [-0.05, 0) is 29.3 Å². The molecule has 0 amide bonds. The molecule has 1 aromatic heterocycles. The summed E-state index contributed by atoms with van der Waals surface area (Å²) in [5.41, 5.74) is 7.83. The summed E-state index contributed by atoms with van der Waals surface area (Å²) >= 11 is 5.93. The Hall–Kier alpha value is -1.74. The molecule has 3 nitrogen and oxygen atoms in total. The van der Waals surface area contributed by atoms with Crippen LogP contribution in [0.25, 0.3) is 11.1 Å². The van der Waals surface area contributed by atoms with E-state index in [0.717, 1.165) is 11.1 Å². The zero-order chi connectivity index (χ0) is 11.7. The van der Waals surface area contributed by atoms with Crippen molar-refractivity contribution in [2.45, 2.75) is 0 Å². The van der Waals surface area contributed by atoms with Gasteiger partial charge in [0.15, 0.2) is 0 Å². The van der Waals surface area contributed by atoms with Gasteiger partial charge in [0, 0.05) is 19.3 Å². The summed E-state index contributed by atoms with van der Waals surface area (Å²) in [6.07, 6.45) is 1.72. The number of benzene rings is 1. The lowest BCUT2D eigenvalue weighted by atomic mass is 10.1. The van der Waals surface area contributed by atoms with Crippen molar-refractivity contribution in [2.24, 2.45) is 7.05 Å². The fourth-order valence-electron chi connectivity index (χ4n) is 1.43. The maximum atomic E-state index is 11.5. The average molecular weight is 235 g/mol. The normalized spacial score (nSPS) is 10.4. The summed E-state index contributed by atoms with van der Waals surface area (Å²) in [6, 6.07) is 8.77. The molecule has 0 unspecified atom stereocenters. The van der Waals surface area contributed by atoms with Crippen molar-refractivity contribution < 1.29 is 0 Å². The number of pyridine rings is 1. The molecule has 2 rings (SSSR count). The van der Waals surface area contributed by atoms with Crippen LogP contribution in [0.5, 0.6) is 0 Å². The van der Waals surface area contributed by atoms with E-state index < -0.39 is 0 Å². The Morgan fingerprint density at radius 3 is 2.50 bits per heavy atom. The van der Waals surface area contributed by atoms with Gasteiger partial charge in [0.2, 0.25) is 0 Å². The summed E-state index contributed by atoms with van der Waals surface area (Å²) in [4.78, 5) is 11.5. The van der Waals surface area contributed by atoms with Gasteiger partial charge in [0.1, 0.15) is 0 Å². The molecule has 4 heteroatoms. The molecule has 0 fully saturated rings. The van der Waals surface area contributed by atoms with Crippen molar-refractivity contribution in [3.05, 3.63) is 51.9 Å². The highest BCUT2D eigenvalue weighted by Gasteiger charge is 2.02. The fourth-order valence-corrected chi connectivity index (χ4v) is 1.62. The minimum atomic E-state index is -0.0505. The van der Waals surface area contributed by atoms with Gasteiger partial charge in [0.05, 0.1) is 10.7 Å². The molecule has 1 aromatic carbocycles. The molecule has 0 aliphatic carbocycles. The predicted octanol–water partition coefficient (Wildman–Crippen LogP) is 2.29. The molecule has 2 N–H and O–H groups in total. The Balaban J connectivity index is 2.55. The molecule has 0 saturated heterocycles. The van der Waals surface area contributed by atoms with Crippen molar-refractivity contribution in [2.75, 3.05) is 5.73 Å². The highest BCUT2D eigenvalue weighted by molar-refractivity contribution is 6.33. The number of nitrogen functional groups attached to an aromatic ring is 1. The lowest BCUT2D eigenvalue weighted by Crippen LogP contribution is -2.14. The number of nitrogens with zero attached hydrogens (tertiary/aromatic N) is 1. The van der Waals surface area contributed by atoms with Crippen LogP contribution in [0.4, 0.5) is 5.69 Å². The van der Waals surface area contributed by atoms with E-state index in [-0.39, 0.29) is 5.56 Å². The average Bonchev–Trinajstić information content (AvgIpc) is 2.26. The largest absolute Gasteiger partial charge is 0.398 e. The summed E-state index contributed by atoms with van der Waals surface area (Å²) in [6.45, 7) is 0. The highest BCUT2D eigenvalue weighted by atomic mass is 35.5. The van der Waals surface area contributed by atoms with Crippen molar-refractivity contribution in [1.82, 2.24) is 4.57 Å². The van der Waals surface area contributed by atoms with Gasteiger partial charge in [-0.2, -0.15) is 0 Å². The van der Waals surface area contributed by atoms with Gasteiger partial charge >= 0.3 is 0 Å². The first-order chi connectivity index (χ1) is 7.58. The number of hydrogen-bond donors (Lipinski definition) is 1. The van der Waals surface area contributed by atoms with E-state index in [1.165, 1.54) is 4.57 Å². The second-order valence-electron chi connectivity index (χ2n) is 3.60. The van der Waals surface area contributed by atoms with E-state index in [1.54, 1.807) is 31.4 Å². The van der Waals surface area contributed by atoms with Crippen molar-refractivity contribution in [1.29, 1.82) is 0 Å². The maximum absolute atomic E-state index is 11.5. The molecule has 16 heavy (non-hydrogen) atoms. The predicted molar refractivity (Wildman–Crippen MR) is 66.5 cm³/mol. The lowest BCUT2D eigenvalue weighted by molar-refractivity contribution is 0.861. The number of nitrogens with two attached hydrogens (primary N) is 1. The lowest BCUT2D eigenvalue weighted by Gasteiger charge is -2.04. The molecule has 0 atom stereocenters. The molecule has 2 aromatic rings. The number of rotatable bonds is 1. The molecule has 1 heterocycles. The summed E-state index contributed by atoms with van der Waals surface area (Å²) in [5.74, 6) is 0. The van der Waals surface area contributed by atoms with Crippen LogP contribution in [0.15, 0.2) is 41.3 Å². The van der Waals surface area contributed by atoms with Crippen LogP contribution in [0, 0.1) is 0 Å². The minimum Gasteiger partial charge on any atom is -0.398 e. The Labute approximate surface area is 98.1 Å². The minimum absolute atomic E-state index is 0.0505. The van der Waals surface area contributed by atoms with E-state index in [4.69, 9.17) is 17.3 Å². The first kappa shape index (κ1) is 10.8. The summed E-state index contributed by atoms with van der Waals surface area (Å²) in [7, 11) is 1.71. The second-order valence-corrected chi connectivity index (χ2v) is 4.01.